The third-order valence-corrected chi connectivity index (χ3v) is 3.21. The van der Waals surface area contributed by atoms with Crippen LogP contribution in [0, 0.1) is 6.92 Å². The topological polar surface area (TPSA) is 22.1 Å². The van der Waals surface area contributed by atoms with Gasteiger partial charge in [-0.3, -0.25) is 4.98 Å². The summed E-state index contributed by atoms with van der Waals surface area (Å²) in [6.45, 7) is 8.57. The summed E-state index contributed by atoms with van der Waals surface area (Å²) in [6, 6.07) is 6.06. The second-order valence-electron chi connectivity index (χ2n) is 3.81. The Bertz CT molecular complexity index is 578. The zero-order valence-electron chi connectivity index (χ0n) is 9.96. The second kappa shape index (κ2) is 4.88. The molecule has 2 aromatic rings. The predicted octanol–water partition coefficient (Wildman–Crippen LogP) is 4.31. The number of aryl methyl sites for hydroxylation is 1. The number of ether oxygens (including phenoxy) is 1. The minimum absolute atomic E-state index is 0.620. The van der Waals surface area contributed by atoms with E-state index in [0.29, 0.717) is 12.4 Å². The normalized spacial score (nSPS) is 10.5. The molecule has 1 heterocycles. The summed E-state index contributed by atoms with van der Waals surface area (Å²) in [5.41, 5.74) is 3.10. The molecule has 0 aliphatic rings. The van der Waals surface area contributed by atoms with Crippen molar-refractivity contribution in [3.63, 3.8) is 0 Å². The molecule has 0 radical (unpaired) electrons. The number of rotatable bonds is 3. The number of hydrogen-bond acceptors (Lipinski definition) is 2. The van der Waals surface area contributed by atoms with Crippen LogP contribution in [0.1, 0.15) is 18.1 Å². The molecule has 88 valence electrons. The van der Waals surface area contributed by atoms with Crippen LogP contribution in [0.4, 0.5) is 0 Å². The lowest BCUT2D eigenvalue weighted by molar-refractivity contribution is 0.299. The first-order valence-electron chi connectivity index (χ1n) is 5.50. The molecule has 2 nitrogen and oxygen atoms in total. The standard InChI is InChI=1S/C14H14BrNO/c1-4-17-10(3)13-8-16-14-6-5-11(15)7-12(14)9(13)2/h5-8H,3-4H2,1-2H3. The number of benzene rings is 1. The summed E-state index contributed by atoms with van der Waals surface area (Å²) in [5.74, 6) is 0.680. The highest BCUT2D eigenvalue weighted by Crippen LogP contribution is 2.27. The van der Waals surface area contributed by atoms with Gasteiger partial charge < -0.3 is 4.74 Å². The van der Waals surface area contributed by atoms with Crippen molar-refractivity contribution in [2.45, 2.75) is 13.8 Å². The first-order valence-corrected chi connectivity index (χ1v) is 6.29. The van der Waals surface area contributed by atoms with E-state index in [2.05, 4.69) is 40.5 Å². The van der Waals surface area contributed by atoms with Gasteiger partial charge in [0.1, 0.15) is 5.76 Å². The Balaban J connectivity index is 2.60. The maximum Gasteiger partial charge on any atom is 0.121 e. The molecule has 0 saturated heterocycles. The summed E-state index contributed by atoms with van der Waals surface area (Å²) in [4.78, 5) is 4.42. The maximum absolute atomic E-state index is 5.44. The van der Waals surface area contributed by atoms with Gasteiger partial charge in [0.05, 0.1) is 12.1 Å². The van der Waals surface area contributed by atoms with Crippen LogP contribution < -0.4 is 0 Å². The van der Waals surface area contributed by atoms with Crippen LogP contribution in [0.3, 0.4) is 0 Å². The van der Waals surface area contributed by atoms with E-state index in [1.807, 2.05) is 25.3 Å². The molecule has 1 aromatic carbocycles. The first-order chi connectivity index (χ1) is 8.13. The number of pyridine rings is 1. The van der Waals surface area contributed by atoms with Crippen molar-refractivity contribution in [1.82, 2.24) is 4.98 Å². The average molecular weight is 292 g/mol. The van der Waals surface area contributed by atoms with Crippen LogP contribution in [0.5, 0.6) is 0 Å². The smallest absolute Gasteiger partial charge is 0.121 e. The highest BCUT2D eigenvalue weighted by molar-refractivity contribution is 9.10. The van der Waals surface area contributed by atoms with Gasteiger partial charge in [-0.15, -0.1) is 0 Å². The molecule has 2 rings (SSSR count). The molecule has 0 saturated carbocycles. The van der Waals surface area contributed by atoms with Crippen LogP contribution in [0.25, 0.3) is 16.7 Å². The minimum atomic E-state index is 0.620. The van der Waals surface area contributed by atoms with Gasteiger partial charge in [-0.2, -0.15) is 0 Å². The Kier molecular flexibility index (Phi) is 3.48. The number of hydrogen-bond donors (Lipinski definition) is 0. The molecule has 0 aliphatic heterocycles. The molecule has 0 N–H and O–H groups in total. The van der Waals surface area contributed by atoms with Crippen molar-refractivity contribution in [3.8, 4) is 0 Å². The lowest BCUT2D eigenvalue weighted by Crippen LogP contribution is -1.95. The Labute approximate surface area is 109 Å². The third kappa shape index (κ3) is 2.34. The number of aromatic nitrogens is 1. The van der Waals surface area contributed by atoms with E-state index in [0.717, 1.165) is 26.5 Å². The van der Waals surface area contributed by atoms with Crippen molar-refractivity contribution in [2.75, 3.05) is 6.61 Å². The van der Waals surface area contributed by atoms with E-state index in [9.17, 15) is 0 Å². The summed E-state index contributed by atoms with van der Waals surface area (Å²) < 4.78 is 6.49. The van der Waals surface area contributed by atoms with Crippen LogP contribution in [0.15, 0.2) is 35.4 Å². The molecule has 17 heavy (non-hydrogen) atoms. The van der Waals surface area contributed by atoms with Crippen molar-refractivity contribution in [3.05, 3.63) is 46.6 Å². The van der Waals surface area contributed by atoms with Gasteiger partial charge in [0.2, 0.25) is 0 Å². The van der Waals surface area contributed by atoms with E-state index in [1.165, 1.54) is 0 Å². The Morgan fingerprint density at radius 1 is 1.47 bits per heavy atom. The van der Waals surface area contributed by atoms with E-state index in [-0.39, 0.29) is 0 Å². The Morgan fingerprint density at radius 3 is 2.94 bits per heavy atom. The SMILES string of the molecule is C=C(OCC)c1cnc2ccc(Br)cc2c1C. The molecule has 0 fully saturated rings. The lowest BCUT2D eigenvalue weighted by Gasteiger charge is -2.11. The highest BCUT2D eigenvalue weighted by atomic mass is 79.9. The largest absolute Gasteiger partial charge is 0.494 e. The molecule has 0 aliphatic carbocycles. The van der Waals surface area contributed by atoms with Crippen LogP contribution in [-0.4, -0.2) is 11.6 Å². The summed E-state index contributed by atoms with van der Waals surface area (Å²) in [5, 5.41) is 1.12. The molecule has 0 unspecified atom stereocenters. The van der Waals surface area contributed by atoms with Crippen LogP contribution in [0.2, 0.25) is 0 Å². The Morgan fingerprint density at radius 2 is 2.24 bits per heavy atom. The predicted molar refractivity (Wildman–Crippen MR) is 74.8 cm³/mol. The van der Waals surface area contributed by atoms with Crippen molar-refractivity contribution >= 4 is 32.6 Å². The lowest BCUT2D eigenvalue weighted by atomic mass is 10.0. The Hall–Kier alpha value is -1.35. The maximum atomic E-state index is 5.44. The van der Waals surface area contributed by atoms with E-state index < -0.39 is 0 Å². The summed E-state index contributed by atoms with van der Waals surface area (Å²) in [6.07, 6.45) is 1.82. The van der Waals surface area contributed by atoms with Gasteiger partial charge in [-0.1, -0.05) is 22.5 Å². The van der Waals surface area contributed by atoms with Crippen molar-refractivity contribution in [1.29, 1.82) is 0 Å². The highest BCUT2D eigenvalue weighted by Gasteiger charge is 2.08. The number of halogens is 1. The van der Waals surface area contributed by atoms with Gasteiger partial charge in [0.15, 0.2) is 0 Å². The molecular formula is C14H14BrNO. The summed E-state index contributed by atoms with van der Waals surface area (Å²) >= 11 is 3.48. The number of nitrogens with zero attached hydrogens (tertiary/aromatic N) is 1. The van der Waals surface area contributed by atoms with Gasteiger partial charge in [0.25, 0.3) is 0 Å². The molecule has 0 atom stereocenters. The molecule has 0 bridgehead atoms. The fraction of sp³-hybridized carbons (Fsp3) is 0.214. The van der Waals surface area contributed by atoms with E-state index >= 15 is 0 Å². The minimum Gasteiger partial charge on any atom is -0.494 e. The van der Waals surface area contributed by atoms with E-state index in [1.54, 1.807) is 0 Å². The fourth-order valence-electron chi connectivity index (χ4n) is 1.83. The van der Waals surface area contributed by atoms with Gasteiger partial charge >= 0.3 is 0 Å². The molecule has 0 spiro atoms. The third-order valence-electron chi connectivity index (χ3n) is 2.72. The fourth-order valence-corrected chi connectivity index (χ4v) is 2.19. The van der Waals surface area contributed by atoms with Gasteiger partial charge in [0, 0.05) is 21.6 Å². The van der Waals surface area contributed by atoms with Crippen LogP contribution in [-0.2, 0) is 4.74 Å². The number of fused-ring (bicyclic) bond motifs is 1. The average Bonchev–Trinajstić information content (AvgIpc) is 2.30. The van der Waals surface area contributed by atoms with Gasteiger partial charge in [-0.05, 0) is 37.6 Å². The zero-order valence-corrected chi connectivity index (χ0v) is 11.5. The van der Waals surface area contributed by atoms with E-state index in [4.69, 9.17) is 4.74 Å². The quantitative estimate of drug-likeness (QED) is 0.786. The van der Waals surface area contributed by atoms with Crippen molar-refractivity contribution < 1.29 is 4.74 Å². The molecule has 3 heteroatoms. The monoisotopic (exact) mass is 291 g/mol. The zero-order chi connectivity index (χ0) is 12.4. The molecule has 0 amide bonds. The molecule has 1 aromatic heterocycles. The first kappa shape index (κ1) is 12.1. The second-order valence-corrected chi connectivity index (χ2v) is 4.73. The molecular weight excluding hydrogens is 278 g/mol. The van der Waals surface area contributed by atoms with Crippen LogP contribution >= 0.6 is 15.9 Å². The van der Waals surface area contributed by atoms with Crippen molar-refractivity contribution in [2.24, 2.45) is 0 Å². The van der Waals surface area contributed by atoms with Gasteiger partial charge in [-0.25, -0.2) is 0 Å². The summed E-state index contributed by atoms with van der Waals surface area (Å²) in [7, 11) is 0.